The lowest BCUT2D eigenvalue weighted by Crippen LogP contribution is -2.46. The number of carboxylic acids is 1. The fourth-order valence-electron chi connectivity index (χ4n) is 4.09. The molecule has 0 radical (unpaired) electrons. The third-order valence-electron chi connectivity index (χ3n) is 6.60. The molecule has 1 saturated heterocycles. The van der Waals surface area contributed by atoms with Gasteiger partial charge >= 0.3 is 12.1 Å². The summed E-state index contributed by atoms with van der Waals surface area (Å²) in [6, 6.07) is 10.9. The average Bonchev–Trinajstić information content (AvgIpc) is 3.75. The average molecular weight is 555 g/mol. The quantitative estimate of drug-likeness (QED) is 0.397. The lowest BCUT2D eigenvalue weighted by Gasteiger charge is -2.36. The van der Waals surface area contributed by atoms with Gasteiger partial charge in [0.1, 0.15) is 0 Å². The number of carbonyl (C=O) groups is 2. The van der Waals surface area contributed by atoms with E-state index in [4.69, 9.17) is 14.6 Å². The number of piperazine rings is 1. The smallest absolute Gasteiger partial charge is 0.490 e. The lowest BCUT2D eigenvalue weighted by molar-refractivity contribution is -0.192. The Balaban J connectivity index is 0.000000532. The number of amides is 1. The van der Waals surface area contributed by atoms with Gasteiger partial charge in [-0.25, -0.2) is 9.18 Å². The first-order valence-corrected chi connectivity index (χ1v) is 12.8. The Bertz CT molecular complexity index is 1130. The van der Waals surface area contributed by atoms with Gasteiger partial charge in [-0.05, 0) is 61.2 Å². The van der Waals surface area contributed by atoms with Crippen LogP contribution < -0.4 is 20.3 Å². The van der Waals surface area contributed by atoms with E-state index in [1.807, 2.05) is 24.3 Å². The Morgan fingerprint density at radius 1 is 1.08 bits per heavy atom. The van der Waals surface area contributed by atoms with Crippen LogP contribution >= 0.6 is 0 Å². The number of halogens is 4. The predicted molar refractivity (Wildman–Crippen MR) is 140 cm³/mol. The zero-order chi connectivity index (χ0) is 28.6. The molecule has 0 unspecified atom stereocenters. The minimum atomic E-state index is -5.08. The van der Waals surface area contributed by atoms with Crippen LogP contribution in [-0.4, -0.2) is 74.4 Å². The highest BCUT2D eigenvalue weighted by Gasteiger charge is 2.38. The predicted octanol–water partition coefficient (Wildman–Crippen LogP) is 4.36. The molecule has 0 atom stereocenters. The number of benzene rings is 2. The molecule has 12 heteroatoms. The van der Waals surface area contributed by atoms with Crippen molar-refractivity contribution in [3.8, 4) is 5.75 Å². The second kappa shape index (κ2) is 13.5. The summed E-state index contributed by atoms with van der Waals surface area (Å²) in [4.78, 5) is 26.7. The number of carboxylic acid groups (broad SMARTS) is 1. The van der Waals surface area contributed by atoms with Crippen molar-refractivity contribution >= 4 is 23.3 Å². The van der Waals surface area contributed by atoms with E-state index in [1.54, 1.807) is 6.07 Å². The number of alkyl halides is 3. The van der Waals surface area contributed by atoms with Crippen LogP contribution in [0, 0.1) is 11.7 Å². The maximum atomic E-state index is 14.0. The molecule has 8 nitrogen and oxygen atoms in total. The first-order valence-electron chi connectivity index (χ1n) is 12.8. The Labute approximate surface area is 224 Å². The van der Waals surface area contributed by atoms with Crippen LogP contribution in [0.5, 0.6) is 5.75 Å². The molecule has 2 fully saturated rings. The number of likely N-dealkylation sites (N-methyl/N-ethyl adjacent to an activating group) is 1. The SMILES string of the molecule is CCN1CCN(c2ccc(NCc3ccc(OC)c(F)c3)cc2C(=O)NCC2CC2)CC1.O=C(O)C(F)(F)F. The van der Waals surface area contributed by atoms with Crippen molar-refractivity contribution in [1.29, 1.82) is 0 Å². The molecule has 1 aliphatic carbocycles. The highest BCUT2D eigenvalue weighted by atomic mass is 19.4. The van der Waals surface area contributed by atoms with Gasteiger partial charge in [0, 0.05) is 50.6 Å². The van der Waals surface area contributed by atoms with Crippen LogP contribution in [0.25, 0.3) is 0 Å². The minimum absolute atomic E-state index is 0.0241. The largest absolute Gasteiger partial charge is 0.494 e. The molecule has 0 spiro atoms. The maximum Gasteiger partial charge on any atom is 0.490 e. The van der Waals surface area contributed by atoms with E-state index in [9.17, 15) is 22.4 Å². The minimum Gasteiger partial charge on any atom is -0.494 e. The van der Waals surface area contributed by atoms with Gasteiger partial charge < -0.3 is 30.3 Å². The van der Waals surface area contributed by atoms with E-state index in [-0.39, 0.29) is 17.5 Å². The summed E-state index contributed by atoms with van der Waals surface area (Å²) in [6.07, 6.45) is -2.68. The van der Waals surface area contributed by atoms with E-state index < -0.39 is 12.1 Å². The monoisotopic (exact) mass is 554 g/mol. The van der Waals surface area contributed by atoms with Crippen molar-refractivity contribution < 1.29 is 37.0 Å². The normalized spacial score (nSPS) is 15.7. The van der Waals surface area contributed by atoms with Crippen LogP contribution in [0.2, 0.25) is 0 Å². The third-order valence-corrected chi connectivity index (χ3v) is 6.60. The van der Waals surface area contributed by atoms with Crippen LogP contribution in [0.4, 0.5) is 28.9 Å². The Kier molecular flexibility index (Phi) is 10.4. The molecule has 1 amide bonds. The Morgan fingerprint density at radius 3 is 2.28 bits per heavy atom. The summed E-state index contributed by atoms with van der Waals surface area (Å²) in [5, 5.41) is 13.6. The standard InChI is InChI=1S/C25H33FN4O2.C2HF3O2/c1-3-29-10-12-30(13-11-29)23-8-7-20(15-21(23)25(31)28-16-18-4-5-18)27-17-19-6-9-24(32-2)22(26)14-19;3-2(4,5)1(6)7/h6-9,14-15,18,27H,3-5,10-13,16-17H2,1-2H3,(H,28,31);(H,6,7). The molecule has 214 valence electrons. The van der Waals surface area contributed by atoms with Crippen molar-refractivity contribution in [2.75, 3.05) is 56.6 Å². The number of ether oxygens (including phenoxy) is 1. The molecule has 0 aromatic heterocycles. The fourth-order valence-corrected chi connectivity index (χ4v) is 4.09. The van der Waals surface area contributed by atoms with Gasteiger partial charge in [-0.1, -0.05) is 13.0 Å². The van der Waals surface area contributed by atoms with Gasteiger partial charge in [-0.15, -0.1) is 0 Å². The first-order chi connectivity index (χ1) is 18.5. The number of nitrogens with zero attached hydrogens (tertiary/aromatic N) is 2. The van der Waals surface area contributed by atoms with Gasteiger partial charge in [0.2, 0.25) is 0 Å². The second-order valence-electron chi connectivity index (χ2n) is 9.43. The van der Waals surface area contributed by atoms with Gasteiger partial charge in [0.05, 0.1) is 12.7 Å². The number of rotatable bonds is 9. The van der Waals surface area contributed by atoms with Gasteiger partial charge in [0.15, 0.2) is 11.6 Å². The van der Waals surface area contributed by atoms with Crippen molar-refractivity contribution in [3.05, 3.63) is 53.3 Å². The van der Waals surface area contributed by atoms with Crippen LogP contribution in [0.3, 0.4) is 0 Å². The molecule has 39 heavy (non-hydrogen) atoms. The number of hydrogen-bond donors (Lipinski definition) is 3. The number of methoxy groups -OCH3 is 1. The van der Waals surface area contributed by atoms with Crippen LogP contribution in [-0.2, 0) is 11.3 Å². The molecule has 2 aromatic rings. The molecular weight excluding hydrogens is 520 g/mol. The molecule has 1 heterocycles. The van der Waals surface area contributed by atoms with Gasteiger partial charge in [-0.3, -0.25) is 4.79 Å². The van der Waals surface area contributed by atoms with E-state index in [1.165, 1.54) is 26.0 Å². The second-order valence-corrected chi connectivity index (χ2v) is 9.43. The van der Waals surface area contributed by atoms with Crippen LogP contribution in [0.1, 0.15) is 35.7 Å². The van der Waals surface area contributed by atoms with Crippen molar-refractivity contribution in [1.82, 2.24) is 10.2 Å². The number of anilines is 2. The molecule has 4 rings (SSSR count). The molecule has 2 aromatic carbocycles. The molecule has 0 bridgehead atoms. The topological polar surface area (TPSA) is 94.1 Å². The fraction of sp³-hybridized carbons (Fsp3) is 0.481. The highest BCUT2D eigenvalue weighted by molar-refractivity contribution is 6.01. The van der Waals surface area contributed by atoms with Crippen molar-refractivity contribution in [2.24, 2.45) is 5.92 Å². The van der Waals surface area contributed by atoms with Crippen molar-refractivity contribution in [2.45, 2.75) is 32.5 Å². The zero-order valence-electron chi connectivity index (χ0n) is 22.0. The van der Waals surface area contributed by atoms with E-state index in [0.29, 0.717) is 18.0 Å². The van der Waals surface area contributed by atoms with E-state index in [2.05, 4.69) is 27.4 Å². The van der Waals surface area contributed by atoms with E-state index in [0.717, 1.165) is 56.2 Å². The third kappa shape index (κ3) is 9.02. The highest BCUT2D eigenvalue weighted by Crippen LogP contribution is 2.29. The van der Waals surface area contributed by atoms with Crippen LogP contribution in [0.15, 0.2) is 36.4 Å². The zero-order valence-corrected chi connectivity index (χ0v) is 22.0. The summed E-state index contributed by atoms with van der Waals surface area (Å²) in [6.45, 7) is 8.26. The summed E-state index contributed by atoms with van der Waals surface area (Å²) in [5.41, 5.74) is 3.33. The first kappa shape index (κ1) is 30.0. The molecule has 1 saturated carbocycles. The molecule has 2 aliphatic rings. The van der Waals surface area contributed by atoms with Gasteiger partial charge in [0.25, 0.3) is 5.91 Å². The lowest BCUT2D eigenvalue weighted by atomic mass is 10.1. The number of nitrogens with one attached hydrogen (secondary N) is 2. The Hall–Kier alpha value is -3.54. The summed E-state index contributed by atoms with van der Waals surface area (Å²) >= 11 is 0. The maximum absolute atomic E-state index is 14.0. The Morgan fingerprint density at radius 2 is 1.74 bits per heavy atom. The van der Waals surface area contributed by atoms with Crippen molar-refractivity contribution in [3.63, 3.8) is 0 Å². The van der Waals surface area contributed by atoms with E-state index >= 15 is 0 Å². The summed E-state index contributed by atoms with van der Waals surface area (Å²) < 4.78 is 50.7. The number of aliphatic carboxylic acids is 1. The number of hydrogen-bond acceptors (Lipinski definition) is 6. The van der Waals surface area contributed by atoms with Gasteiger partial charge in [-0.2, -0.15) is 13.2 Å². The molecule has 3 N–H and O–H groups in total. The molecular formula is C27H34F4N4O4. The molecule has 1 aliphatic heterocycles. The summed E-state index contributed by atoms with van der Waals surface area (Å²) in [7, 11) is 1.45. The summed E-state index contributed by atoms with van der Waals surface area (Å²) in [5.74, 6) is -2.30. The number of carbonyl (C=O) groups excluding carboxylic acids is 1.